The van der Waals surface area contributed by atoms with E-state index < -0.39 is 0 Å². The van der Waals surface area contributed by atoms with Crippen molar-refractivity contribution < 1.29 is 4.79 Å². The van der Waals surface area contributed by atoms with Gasteiger partial charge in [-0.1, -0.05) is 43.1 Å². The van der Waals surface area contributed by atoms with E-state index in [9.17, 15) is 9.59 Å². The molecule has 25 heavy (non-hydrogen) atoms. The lowest BCUT2D eigenvalue weighted by Crippen LogP contribution is -2.49. The quantitative estimate of drug-likeness (QED) is 0.788. The molecule has 4 nitrogen and oxygen atoms in total. The molecular formula is C19H22Cl2N2O2. The molecule has 2 bridgehead atoms. The number of rotatable bonds is 2. The van der Waals surface area contributed by atoms with Gasteiger partial charge in [0.2, 0.25) is 5.91 Å². The Labute approximate surface area is 157 Å². The Morgan fingerprint density at radius 1 is 1.24 bits per heavy atom. The molecule has 0 unspecified atom stereocenters. The minimum absolute atomic E-state index is 0.0585. The highest BCUT2D eigenvalue weighted by molar-refractivity contribution is 6.55. The van der Waals surface area contributed by atoms with E-state index in [4.69, 9.17) is 23.2 Å². The third-order valence-corrected chi connectivity index (χ3v) is 6.53. The van der Waals surface area contributed by atoms with Crippen LogP contribution < -0.4 is 5.56 Å². The number of hydrogen-bond acceptors (Lipinski definition) is 2. The summed E-state index contributed by atoms with van der Waals surface area (Å²) >= 11 is 11.6. The first kappa shape index (κ1) is 17.2. The molecule has 3 aliphatic rings. The number of piperidine rings is 1. The van der Waals surface area contributed by atoms with Crippen LogP contribution in [0.2, 0.25) is 0 Å². The van der Waals surface area contributed by atoms with Gasteiger partial charge in [0.05, 0.1) is 5.92 Å². The number of carbonyl (C=O) groups is 1. The summed E-state index contributed by atoms with van der Waals surface area (Å²) in [6.07, 6.45) is 2.85. The van der Waals surface area contributed by atoms with Crippen molar-refractivity contribution in [3.63, 3.8) is 0 Å². The van der Waals surface area contributed by atoms with E-state index in [-0.39, 0.29) is 39.1 Å². The number of pyridine rings is 1. The second-order valence-corrected chi connectivity index (χ2v) is 9.23. The Balaban J connectivity index is 1.56. The molecule has 1 aromatic heterocycles. The van der Waals surface area contributed by atoms with Crippen molar-refractivity contribution in [3.8, 4) is 0 Å². The number of likely N-dealkylation sites (tertiary alicyclic amines) is 1. The van der Waals surface area contributed by atoms with Gasteiger partial charge in [-0.2, -0.15) is 0 Å². The molecule has 1 aliphatic carbocycles. The summed E-state index contributed by atoms with van der Waals surface area (Å²) in [6.45, 7) is 6.31. The van der Waals surface area contributed by atoms with E-state index >= 15 is 0 Å². The minimum Gasteiger partial charge on any atom is -0.341 e. The molecule has 6 heteroatoms. The fourth-order valence-corrected chi connectivity index (χ4v) is 5.14. The molecule has 1 saturated heterocycles. The zero-order valence-electron chi connectivity index (χ0n) is 14.4. The summed E-state index contributed by atoms with van der Waals surface area (Å²) in [5.41, 5.74) is 1.03. The number of aromatic nitrogens is 1. The number of hydrogen-bond donors (Lipinski definition) is 0. The Hall–Kier alpha value is -1.26. The Bertz CT molecular complexity index is 810. The van der Waals surface area contributed by atoms with Crippen LogP contribution in [0.4, 0.5) is 0 Å². The highest BCUT2D eigenvalue weighted by Crippen LogP contribution is 2.60. The van der Waals surface area contributed by atoms with Crippen LogP contribution in [0.5, 0.6) is 0 Å². The number of amides is 1. The molecule has 134 valence electrons. The molecule has 3 heterocycles. The first-order valence-corrected chi connectivity index (χ1v) is 9.56. The van der Waals surface area contributed by atoms with E-state index in [1.165, 1.54) is 0 Å². The van der Waals surface area contributed by atoms with Crippen molar-refractivity contribution in [1.82, 2.24) is 9.47 Å². The molecule has 0 N–H and O–H groups in total. The van der Waals surface area contributed by atoms with Crippen LogP contribution in [0.1, 0.15) is 31.9 Å². The predicted molar refractivity (Wildman–Crippen MR) is 98.7 cm³/mol. The van der Waals surface area contributed by atoms with Gasteiger partial charge in [0, 0.05) is 37.3 Å². The average molecular weight is 381 g/mol. The van der Waals surface area contributed by atoms with E-state index in [1.54, 1.807) is 12.1 Å². The van der Waals surface area contributed by atoms with Crippen LogP contribution >= 0.6 is 23.2 Å². The number of carbonyl (C=O) groups excluding carboxylic acids is 1. The average Bonchev–Trinajstić information content (AvgIpc) is 3.07. The summed E-state index contributed by atoms with van der Waals surface area (Å²) < 4.78 is 2.12. The summed E-state index contributed by atoms with van der Waals surface area (Å²) in [6, 6.07) is 5.46. The Kier molecular flexibility index (Phi) is 4.04. The smallest absolute Gasteiger partial charge is 0.250 e. The standard InChI is InChI=1S/C19H22Cl2N2O2/c1-19(2)13(7-15(20)21)17(19)18(25)22-8-11-6-12(10-22)14-4-3-5-16(24)23(14)9-11/h3-5,7,11-13,17H,6,8-10H2,1-2H3/t11-,12+,13+,17+/m0/s1. The molecule has 2 fully saturated rings. The maximum atomic E-state index is 13.1. The Morgan fingerprint density at radius 3 is 2.72 bits per heavy atom. The summed E-state index contributed by atoms with van der Waals surface area (Å²) in [5, 5.41) is 0. The molecule has 1 saturated carbocycles. The van der Waals surface area contributed by atoms with Gasteiger partial charge in [-0.05, 0) is 35.8 Å². The predicted octanol–water partition coefficient (Wildman–Crippen LogP) is 3.39. The van der Waals surface area contributed by atoms with Gasteiger partial charge >= 0.3 is 0 Å². The number of allylic oxidation sites excluding steroid dienone is 1. The van der Waals surface area contributed by atoms with Crippen LogP contribution in [0.15, 0.2) is 33.6 Å². The normalized spacial score (nSPS) is 31.9. The van der Waals surface area contributed by atoms with Crippen LogP contribution in [-0.2, 0) is 11.3 Å². The van der Waals surface area contributed by atoms with E-state index in [1.807, 2.05) is 21.6 Å². The van der Waals surface area contributed by atoms with Crippen molar-refractivity contribution in [2.75, 3.05) is 13.1 Å². The number of halogens is 2. The zero-order chi connectivity index (χ0) is 17.9. The lowest BCUT2D eigenvalue weighted by atomic mass is 9.83. The van der Waals surface area contributed by atoms with Crippen molar-refractivity contribution in [2.24, 2.45) is 23.2 Å². The third-order valence-electron chi connectivity index (χ3n) is 6.27. The second-order valence-electron chi connectivity index (χ2n) is 8.22. The van der Waals surface area contributed by atoms with Crippen molar-refractivity contribution in [3.05, 3.63) is 44.8 Å². The number of nitrogens with zero attached hydrogens (tertiary/aromatic N) is 2. The fourth-order valence-electron chi connectivity index (χ4n) is 4.87. The molecule has 0 spiro atoms. The first-order valence-electron chi connectivity index (χ1n) is 8.80. The highest BCUT2D eigenvalue weighted by Gasteiger charge is 2.61. The van der Waals surface area contributed by atoms with E-state index in [0.717, 1.165) is 18.7 Å². The molecular weight excluding hydrogens is 359 g/mol. The molecule has 0 aromatic carbocycles. The van der Waals surface area contributed by atoms with Gasteiger partial charge in [0.1, 0.15) is 4.49 Å². The van der Waals surface area contributed by atoms with E-state index in [0.29, 0.717) is 19.0 Å². The monoisotopic (exact) mass is 380 g/mol. The Morgan fingerprint density at radius 2 is 2.00 bits per heavy atom. The van der Waals surface area contributed by atoms with Crippen molar-refractivity contribution in [1.29, 1.82) is 0 Å². The number of fused-ring (bicyclic) bond motifs is 4. The summed E-state index contributed by atoms with van der Waals surface area (Å²) in [4.78, 5) is 27.2. The molecule has 4 atom stereocenters. The SMILES string of the molecule is CC1(C)[C@H](C=C(Cl)Cl)[C@@H]1C(=O)N1C[C@@H]2C[C@H](C1)c1cccc(=O)n1C2. The summed E-state index contributed by atoms with van der Waals surface area (Å²) in [5.74, 6) is 0.835. The summed E-state index contributed by atoms with van der Waals surface area (Å²) in [7, 11) is 0. The van der Waals surface area contributed by atoms with Crippen LogP contribution in [-0.4, -0.2) is 28.5 Å². The topological polar surface area (TPSA) is 42.3 Å². The van der Waals surface area contributed by atoms with Gasteiger partial charge in [-0.25, -0.2) is 0 Å². The van der Waals surface area contributed by atoms with Crippen molar-refractivity contribution >= 4 is 29.1 Å². The van der Waals surface area contributed by atoms with E-state index in [2.05, 4.69) is 13.8 Å². The zero-order valence-corrected chi connectivity index (χ0v) is 15.9. The van der Waals surface area contributed by atoms with Crippen LogP contribution in [0.25, 0.3) is 0 Å². The molecule has 1 amide bonds. The van der Waals surface area contributed by atoms with Gasteiger partial charge in [-0.15, -0.1) is 0 Å². The highest BCUT2D eigenvalue weighted by atomic mass is 35.5. The van der Waals surface area contributed by atoms with Gasteiger partial charge < -0.3 is 9.47 Å². The molecule has 0 radical (unpaired) electrons. The first-order chi connectivity index (χ1) is 11.8. The minimum atomic E-state index is -0.104. The fraction of sp³-hybridized carbons (Fsp3) is 0.579. The largest absolute Gasteiger partial charge is 0.341 e. The van der Waals surface area contributed by atoms with Crippen LogP contribution in [0, 0.1) is 23.2 Å². The lowest BCUT2D eigenvalue weighted by molar-refractivity contribution is -0.136. The third kappa shape index (κ3) is 2.83. The van der Waals surface area contributed by atoms with Gasteiger partial charge in [-0.3, -0.25) is 9.59 Å². The van der Waals surface area contributed by atoms with Crippen molar-refractivity contribution in [2.45, 2.75) is 32.7 Å². The maximum Gasteiger partial charge on any atom is 0.250 e. The molecule has 4 rings (SSSR count). The van der Waals surface area contributed by atoms with Gasteiger partial charge in [0.15, 0.2) is 0 Å². The lowest BCUT2D eigenvalue weighted by Gasteiger charge is -2.43. The second kappa shape index (κ2) is 5.88. The molecule has 1 aromatic rings. The molecule has 2 aliphatic heterocycles. The maximum absolute atomic E-state index is 13.1. The van der Waals surface area contributed by atoms with Gasteiger partial charge in [0.25, 0.3) is 5.56 Å². The van der Waals surface area contributed by atoms with Crippen LogP contribution in [0.3, 0.4) is 0 Å².